The first-order valence-corrected chi connectivity index (χ1v) is 15.8. The molecule has 2 aliphatic rings. The maximum absolute atomic E-state index is 14.0. The summed E-state index contributed by atoms with van der Waals surface area (Å²) in [5.74, 6) is -1.70. The molecule has 2 heterocycles. The van der Waals surface area contributed by atoms with Crippen LogP contribution in [-0.4, -0.2) is 38.1 Å². The molecule has 12 heteroatoms. The number of carbonyl (C=O) groups excluding carboxylic acids is 1. The zero-order valence-electron chi connectivity index (χ0n) is 23.4. The lowest BCUT2D eigenvalue weighted by atomic mass is 9.76. The molecule has 230 valence electrons. The number of nitrogens with one attached hydrogen (secondary N) is 2. The molecule has 0 spiro atoms. The van der Waals surface area contributed by atoms with Crippen LogP contribution in [0.5, 0.6) is 5.75 Å². The number of anilines is 1. The molecule has 1 amide bonds. The maximum Gasteiger partial charge on any atom is 0.422 e. The Balaban J connectivity index is 1.26. The van der Waals surface area contributed by atoms with Crippen molar-refractivity contribution in [3.05, 3.63) is 77.9 Å². The summed E-state index contributed by atoms with van der Waals surface area (Å²) in [6.45, 7) is -1.59. The predicted molar refractivity (Wildman–Crippen MR) is 152 cm³/mol. The minimum absolute atomic E-state index is 0.00929. The van der Waals surface area contributed by atoms with Crippen LogP contribution >= 0.6 is 0 Å². The van der Waals surface area contributed by atoms with Gasteiger partial charge in [0.25, 0.3) is 0 Å². The number of aromatic nitrogens is 1. The molecule has 7 nitrogen and oxygen atoms in total. The smallest absolute Gasteiger partial charge is 0.422 e. The van der Waals surface area contributed by atoms with Gasteiger partial charge in [0, 0.05) is 36.6 Å². The molecule has 1 aromatic heterocycles. The first-order valence-electron chi connectivity index (χ1n) is 14.3. The van der Waals surface area contributed by atoms with E-state index in [2.05, 4.69) is 20.4 Å². The number of benzene rings is 2. The fourth-order valence-corrected chi connectivity index (χ4v) is 7.26. The monoisotopic (exact) mass is 619 g/mol. The van der Waals surface area contributed by atoms with Gasteiger partial charge in [0.15, 0.2) is 18.2 Å². The Labute approximate surface area is 248 Å². The third-order valence-corrected chi connectivity index (χ3v) is 9.89. The molecule has 1 fully saturated rings. The number of alkyl halides is 3. The molecule has 1 saturated carbocycles. The number of halogens is 4. The van der Waals surface area contributed by atoms with Crippen LogP contribution in [0.2, 0.25) is 0 Å². The molecule has 3 aromatic rings. The van der Waals surface area contributed by atoms with Gasteiger partial charge in [0.1, 0.15) is 6.04 Å². The molecule has 1 aliphatic heterocycles. The van der Waals surface area contributed by atoms with Crippen LogP contribution in [0, 0.1) is 11.7 Å². The molecule has 5 rings (SSSR count). The topological polar surface area (TPSA) is 97.4 Å². The molecule has 2 unspecified atom stereocenters. The minimum Gasteiger partial charge on any atom is -0.481 e. The van der Waals surface area contributed by atoms with Crippen molar-refractivity contribution in [2.24, 2.45) is 5.92 Å². The maximum atomic E-state index is 14.0. The second-order valence-electron chi connectivity index (χ2n) is 11.1. The van der Waals surface area contributed by atoms with Gasteiger partial charge in [-0.2, -0.15) is 13.2 Å². The van der Waals surface area contributed by atoms with Crippen LogP contribution in [-0.2, 0) is 21.2 Å². The van der Waals surface area contributed by atoms with Crippen molar-refractivity contribution in [3.8, 4) is 5.75 Å². The molecule has 2 N–H and O–H groups in total. The molecule has 0 radical (unpaired) electrons. The second-order valence-corrected chi connectivity index (χ2v) is 13.0. The number of hydrogen-bond donors (Lipinski definition) is 2. The van der Waals surface area contributed by atoms with Gasteiger partial charge in [-0.25, -0.2) is 12.8 Å². The summed E-state index contributed by atoms with van der Waals surface area (Å²) in [4.78, 5) is 17.2. The van der Waals surface area contributed by atoms with Gasteiger partial charge in [-0.3, -0.25) is 9.78 Å². The van der Waals surface area contributed by atoms with E-state index in [4.69, 9.17) is 0 Å². The van der Waals surface area contributed by atoms with Crippen molar-refractivity contribution in [2.75, 3.05) is 11.9 Å². The van der Waals surface area contributed by atoms with Gasteiger partial charge < -0.3 is 15.4 Å². The van der Waals surface area contributed by atoms with Gasteiger partial charge in [0.2, 0.25) is 15.7 Å². The number of hydrogen-bond acceptors (Lipinski definition) is 6. The lowest BCUT2D eigenvalue weighted by molar-refractivity contribution is -0.153. The highest BCUT2D eigenvalue weighted by atomic mass is 32.2. The lowest BCUT2D eigenvalue weighted by Crippen LogP contribution is -2.42. The average molecular weight is 620 g/mol. The number of rotatable bonds is 8. The number of ether oxygens (including phenoxy) is 1. The quantitative estimate of drug-likeness (QED) is 0.219. The third kappa shape index (κ3) is 7.29. The van der Waals surface area contributed by atoms with Gasteiger partial charge in [-0.05, 0) is 60.2 Å². The Kier molecular flexibility index (Phi) is 9.24. The highest BCUT2D eigenvalue weighted by Gasteiger charge is 2.41. The fraction of sp³-hybridized carbons (Fsp3) is 0.419. The summed E-state index contributed by atoms with van der Waals surface area (Å²) in [7, 11) is -4.18. The standard InChI is InChI=1S/C31H33F4N3O4S/c32-25-13-12-23(16-27(25)42-19-31(33,34)35)43(40,41)22-10-8-20(9-11-22)17-37-30(39)29-28(21-6-4-2-1-3-5-7-21)24-18-36-15-14-26(24)38-29/h8-16,18,21,28-29,38H,1-7,17,19H2,(H,37,39). The van der Waals surface area contributed by atoms with E-state index in [1.165, 1.54) is 31.4 Å². The van der Waals surface area contributed by atoms with Crippen LogP contribution in [0.4, 0.5) is 23.2 Å². The predicted octanol–water partition coefficient (Wildman–Crippen LogP) is 6.55. The SMILES string of the molecule is O=C(NCc1ccc(S(=O)(=O)c2ccc(F)c(OCC(F)(F)F)c2)cc1)C1Nc2ccncc2C1C1CCCCCCC1. The van der Waals surface area contributed by atoms with Crippen molar-refractivity contribution < 1.29 is 35.5 Å². The summed E-state index contributed by atoms with van der Waals surface area (Å²) < 4.78 is 82.2. The van der Waals surface area contributed by atoms with E-state index in [-0.39, 0.29) is 23.3 Å². The number of carbonyl (C=O) groups is 1. The van der Waals surface area contributed by atoms with Crippen molar-refractivity contribution in [1.29, 1.82) is 0 Å². The zero-order valence-corrected chi connectivity index (χ0v) is 24.2. The summed E-state index contributed by atoms with van der Waals surface area (Å²) in [6.07, 6.45) is 6.90. The van der Waals surface area contributed by atoms with E-state index in [1.807, 2.05) is 12.3 Å². The van der Waals surface area contributed by atoms with Crippen molar-refractivity contribution >= 4 is 21.4 Å². The molecular formula is C31H33F4N3O4S. The highest BCUT2D eigenvalue weighted by molar-refractivity contribution is 7.91. The van der Waals surface area contributed by atoms with Gasteiger partial charge >= 0.3 is 6.18 Å². The van der Waals surface area contributed by atoms with Crippen molar-refractivity contribution in [1.82, 2.24) is 10.3 Å². The average Bonchev–Trinajstić information content (AvgIpc) is 3.35. The van der Waals surface area contributed by atoms with Crippen LogP contribution in [0.1, 0.15) is 62.0 Å². The van der Waals surface area contributed by atoms with E-state index in [0.717, 1.165) is 55.1 Å². The Morgan fingerprint density at radius 1 is 0.977 bits per heavy atom. The summed E-state index contributed by atoms with van der Waals surface area (Å²) in [5.41, 5.74) is 2.64. The Bertz CT molecular complexity index is 1540. The molecule has 2 aromatic carbocycles. The largest absolute Gasteiger partial charge is 0.481 e. The molecule has 2 atom stereocenters. The Hall–Kier alpha value is -3.67. The number of amides is 1. The summed E-state index contributed by atoms with van der Waals surface area (Å²) >= 11 is 0. The summed E-state index contributed by atoms with van der Waals surface area (Å²) in [6, 6.07) is 9.66. The Morgan fingerprint density at radius 3 is 2.35 bits per heavy atom. The van der Waals surface area contributed by atoms with Crippen LogP contribution < -0.4 is 15.4 Å². The number of nitrogens with zero attached hydrogens (tertiary/aromatic N) is 1. The third-order valence-electron chi connectivity index (χ3n) is 8.13. The van der Waals surface area contributed by atoms with E-state index in [9.17, 15) is 30.8 Å². The van der Waals surface area contributed by atoms with Crippen LogP contribution in [0.25, 0.3) is 0 Å². The molecule has 1 aliphatic carbocycles. The molecule has 43 heavy (non-hydrogen) atoms. The van der Waals surface area contributed by atoms with Gasteiger partial charge in [-0.15, -0.1) is 0 Å². The normalized spacial score (nSPS) is 19.5. The Morgan fingerprint density at radius 2 is 1.65 bits per heavy atom. The van der Waals surface area contributed by atoms with Gasteiger partial charge in [-0.1, -0.05) is 44.2 Å². The van der Waals surface area contributed by atoms with Gasteiger partial charge in [0.05, 0.1) is 9.79 Å². The van der Waals surface area contributed by atoms with Crippen molar-refractivity contribution in [2.45, 2.75) is 79.4 Å². The first-order chi connectivity index (χ1) is 20.5. The van der Waals surface area contributed by atoms with Crippen LogP contribution in [0.3, 0.4) is 0 Å². The minimum atomic E-state index is -4.71. The molecule has 0 bridgehead atoms. The lowest BCUT2D eigenvalue weighted by Gasteiger charge is -2.30. The fourth-order valence-electron chi connectivity index (χ4n) is 5.98. The zero-order chi connectivity index (χ0) is 30.6. The summed E-state index contributed by atoms with van der Waals surface area (Å²) in [5, 5.41) is 6.38. The molecule has 0 saturated heterocycles. The van der Waals surface area contributed by atoms with Crippen molar-refractivity contribution in [3.63, 3.8) is 0 Å². The van der Waals surface area contributed by atoms with E-state index < -0.39 is 45.1 Å². The number of fused-ring (bicyclic) bond motifs is 1. The second kappa shape index (κ2) is 12.9. The number of sulfone groups is 1. The first kappa shape index (κ1) is 30.8. The van der Waals surface area contributed by atoms with E-state index >= 15 is 0 Å². The number of pyridine rings is 1. The van der Waals surface area contributed by atoms with E-state index in [0.29, 0.717) is 11.5 Å². The highest BCUT2D eigenvalue weighted by Crippen LogP contribution is 2.44. The van der Waals surface area contributed by atoms with E-state index in [1.54, 1.807) is 18.3 Å². The van der Waals surface area contributed by atoms with Crippen LogP contribution in [0.15, 0.2) is 70.7 Å². The molecular weight excluding hydrogens is 586 g/mol.